The topological polar surface area (TPSA) is 26.3 Å². The van der Waals surface area contributed by atoms with Crippen LogP contribution in [0, 0.1) is 6.92 Å². The third-order valence-corrected chi connectivity index (χ3v) is 2.53. The van der Waals surface area contributed by atoms with Crippen LogP contribution in [0.25, 0.3) is 10.8 Å². The third-order valence-electron chi connectivity index (χ3n) is 2.53. The van der Waals surface area contributed by atoms with Crippen molar-refractivity contribution in [1.29, 1.82) is 0 Å². The van der Waals surface area contributed by atoms with E-state index in [1.165, 1.54) is 7.11 Å². The summed E-state index contributed by atoms with van der Waals surface area (Å²) in [5, 5.41) is 2.01. The molecule has 0 amide bonds. The van der Waals surface area contributed by atoms with Crippen LogP contribution in [0.4, 0.5) is 0 Å². The fourth-order valence-corrected chi connectivity index (χ4v) is 1.75. The predicted octanol–water partition coefficient (Wildman–Crippen LogP) is 2.93. The average molecular weight is 200 g/mol. The number of rotatable bonds is 1. The number of hydrogen-bond acceptors (Lipinski definition) is 2. The molecule has 0 bridgehead atoms. The second-order valence-corrected chi connectivity index (χ2v) is 3.47. The van der Waals surface area contributed by atoms with Gasteiger partial charge in [0.25, 0.3) is 0 Å². The molecule has 0 aliphatic carbocycles. The van der Waals surface area contributed by atoms with Gasteiger partial charge in [-0.15, -0.1) is 0 Å². The van der Waals surface area contributed by atoms with E-state index in [1.54, 1.807) is 0 Å². The Morgan fingerprint density at radius 3 is 2.60 bits per heavy atom. The highest BCUT2D eigenvalue weighted by Gasteiger charge is 2.12. The second kappa shape index (κ2) is 3.73. The van der Waals surface area contributed by atoms with E-state index >= 15 is 0 Å². The smallest absolute Gasteiger partial charge is 0.338 e. The summed E-state index contributed by atoms with van der Waals surface area (Å²) in [7, 11) is 1.41. The molecule has 0 fully saturated rings. The molecule has 0 atom stereocenters. The van der Waals surface area contributed by atoms with Gasteiger partial charge in [-0.05, 0) is 23.3 Å². The van der Waals surface area contributed by atoms with Gasteiger partial charge < -0.3 is 4.74 Å². The average Bonchev–Trinajstić information content (AvgIpc) is 2.28. The van der Waals surface area contributed by atoms with Gasteiger partial charge >= 0.3 is 5.97 Å². The van der Waals surface area contributed by atoms with E-state index in [4.69, 9.17) is 4.74 Å². The first kappa shape index (κ1) is 9.71. The highest BCUT2D eigenvalue weighted by atomic mass is 16.5. The lowest BCUT2D eigenvalue weighted by molar-refractivity contribution is 0.0602. The van der Waals surface area contributed by atoms with Crippen LogP contribution in [0.3, 0.4) is 0 Å². The molecule has 2 aromatic rings. The summed E-state index contributed by atoms with van der Waals surface area (Å²) < 4.78 is 4.79. The van der Waals surface area contributed by atoms with Crippen molar-refractivity contribution < 1.29 is 9.53 Å². The summed E-state index contributed by atoms with van der Waals surface area (Å²) in [5.41, 5.74) is 1.61. The van der Waals surface area contributed by atoms with Crippen molar-refractivity contribution in [3.8, 4) is 0 Å². The van der Waals surface area contributed by atoms with Crippen LogP contribution in [0.1, 0.15) is 15.9 Å². The van der Waals surface area contributed by atoms with Crippen molar-refractivity contribution in [2.45, 2.75) is 6.92 Å². The zero-order valence-corrected chi connectivity index (χ0v) is 8.78. The van der Waals surface area contributed by atoms with E-state index in [0.717, 1.165) is 16.3 Å². The van der Waals surface area contributed by atoms with Gasteiger partial charge in [-0.2, -0.15) is 0 Å². The Morgan fingerprint density at radius 2 is 1.87 bits per heavy atom. The summed E-state index contributed by atoms with van der Waals surface area (Å²) in [5.74, 6) is -0.274. The number of hydrogen-bond donors (Lipinski definition) is 0. The van der Waals surface area contributed by atoms with Gasteiger partial charge in [0.15, 0.2) is 0 Å². The third kappa shape index (κ3) is 1.59. The maximum absolute atomic E-state index is 11.6. The summed E-state index contributed by atoms with van der Waals surface area (Å²) in [4.78, 5) is 11.6. The highest BCUT2D eigenvalue weighted by Crippen LogP contribution is 2.22. The second-order valence-electron chi connectivity index (χ2n) is 3.47. The van der Waals surface area contributed by atoms with Crippen LogP contribution < -0.4 is 0 Å². The molecule has 0 radical (unpaired) electrons. The molecule has 2 rings (SSSR count). The number of aryl methyl sites for hydroxylation is 1. The lowest BCUT2D eigenvalue weighted by atomic mass is 10.00. The van der Waals surface area contributed by atoms with Gasteiger partial charge in [0.2, 0.25) is 0 Å². The van der Waals surface area contributed by atoms with Crippen molar-refractivity contribution >= 4 is 16.7 Å². The molecule has 0 unspecified atom stereocenters. The number of esters is 1. The number of carbonyl (C=O) groups excluding carboxylic acids is 1. The zero-order valence-electron chi connectivity index (χ0n) is 8.78. The summed E-state index contributed by atoms with van der Waals surface area (Å²) >= 11 is 0. The van der Waals surface area contributed by atoms with Crippen LogP contribution in [0.2, 0.25) is 0 Å². The number of fused-ring (bicyclic) bond motifs is 1. The Bertz CT molecular complexity index is 515. The van der Waals surface area contributed by atoms with Crippen LogP contribution in [0.15, 0.2) is 36.4 Å². The quantitative estimate of drug-likeness (QED) is 0.661. The first-order valence-corrected chi connectivity index (χ1v) is 4.80. The normalized spacial score (nSPS) is 10.3. The van der Waals surface area contributed by atoms with Crippen molar-refractivity contribution in [3.05, 3.63) is 47.5 Å². The Balaban J connectivity index is 2.79. The molecule has 0 aliphatic rings. The molecule has 76 valence electrons. The van der Waals surface area contributed by atoms with Gasteiger partial charge in [-0.3, -0.25) is 0 Å². The number of carbonyl (C=O) groups is 1. The van der Waals surface area contributed by atoms with Gasteiger partial charge in [0.1, 0.15) is 0 Å². The molecule has 2 aromatic carbocycles. The minimum atomic E-state index is -0.274. The van der Waals surface area contributed by atoms with Crippen molar-refractivity contribution in [2.24, 2.45) is 0 Å². The van der Waals surface area contributed by atoms with Crippen LogP contribution >= 0.6 is 0 Å². The molecule has 0 heterocycles. The lowest BCUT2D eigenvalue weighted by Crippen LogP contribution is -2.04. The van der Waals surface area contributed by atoms with Gasteiger partial charge in [-0.25, -0.2) is 4.79 Å². The van der Waals surface area contributed by atoms with E-state index in [2.05, 4.69) is 0 Å². The van der Waals surface area contributed by atoms with E-state index in [9.17, 15) is 4.79 Å². The molecule has 0 N–H and O–H groups in total. The summed E-state index contributed by atoms with van der Waals surface area (Å²) in [6.07, 6.45) is 0. The molecule has 2 nitrogen and oxygen atoms in total. The van der Waals surface area contributed by atoms with Gasteiger partial charge in [0.05, 0.1) is 12.7 Å². The Kier molecular flexibility index (Phi) is 2.42. The van der Waals surface area contributed by atoms with Crippen molar-refractivity contribution in [3.63, 3.8) is 0 Å². The first-order valence-electron chi connectivity index (χ1n) is 4.80. The van der Waals surface area contributed by atoms with E-state index in [1.807, 2.05) is 43.3 Å². The SMILES string of the molecule is COC(=O)c1c(C)ccc2ccccc12. The van der Waals surface area contributed by atoms with Crippen molar-refractivity contribution in [2.75, 3.05) is 7.11 Å². The van der Waals surface area contributed by atoms with Crippen LogP contribution in [0.5, 0.6) is 0 Å². The largest absolute Gasteiger partial charge is 0.465 e. The lowest BCUT2D eigenvalue weighted by Gasteiger charge is -2.07. The van der Waals surface area contributed by atoms with Crippen LogP contribution in [-0.4, -0.2) is 13.1 Å². The maximum atomic E-state index is 11.6. The first-order chi connectivity index (χ1) is 7.24. The van der Waals surface area contributed by atoms with E-state index in [-0.39, 0.29) is 5.97 Å². The van der Waals surface area contributed by atoms with Gasteiger partial charge in [0, 0.05) is 0 Å². The Labute approximate surface area is 88.5 Å². The maximum Gasteiger partial charge on any atom is 0.338 e. The molecule has 0 spiro atoms. The molecule has 2 heteroatoms. The van der Waals surface area contributed by atoms with Crippen LogP contribution in [-0.2, 0) is 4.74 Å². The number of benzene rings is 2. The Hall–Kier alpha value is -1.83. The predicted molar refractivity (Wildman–Crippen MR) is 60.0 cm³/mol. The molecule has 0 saturated carbocycles. The summed E-state index contributed by atoms with van der Waals surface area (Å²) in [6, 6.07) is 11.8. The number of ether oxygens (including phenoxy) is 1. The Morgan fingerprint density at radius 1 is 1.13 bits per heavy atom. The molecule has 0 aromatic heterocycles. The zero-order chi connectivity index (χ0) is 10.8. The molecular formula is C13H12O2. The molecule has 0 aliphatic heterocycles. The minimum absolute atomic E-state index is 0.274. The van der Waals surface area contributed by atoms with E-state index < -0.39 is 0 Å². The van der Waals surface area contributed by atoms with Crippen molar-refractivity contribution in [1.82, 2.24) is 0 Å². The fraction of sp³-hybridized carbons (Fsp3) is 0.154. The fourth-order valence-electron chi connectivity index (χ4n) is 1.75. The monoisotopic (exact) mass is 200 g/mol. The van der Waals surface area contributed by atoms with E-state index in [0.29, 0.717) is 5.56 Å². The molecule has 0 saturated heterocycles. The number of methoxy groups -OCH3 is 1. The minimum Gasteiger partial charge on any atom is -0.465 e. The summed E-state index contributed by atoms with van der Waals surface area (Å²) in [6.45, 7) is 1.92. The highest BCUT2D eigenvalue weighted by molar-refractivity contribution is 6.05. The van der Waals surface area contributed by atoms with Gasteiger partial charge in [-0.1, -0.05) is 36.4 Å². The molecule has 15 heavy (non-hydrogen) atoms. The molecular weight excluding hydrogens is 188 g/mol. The standard InChI is InChI=1S/C13H12O2/c1-9-7-8-10-5-3-4-6-11(10)12(9)13(14)15-2/h3-8H,1-2H3.